The molecule has 1 unspecified atom stereocenters. The molecule has 0 saturated heterocycles. The predicted molar refractivity (Wildman–Crippen MR) is 73.7 cm³/mol. The monoisotopic (exact) mass is 266 g/mol. The van der Waals surface area contributed by atoms with Crippen LogP contribution < -0.4 is 5.32 Å². The van der Waals surface area contributed by atoms with Crippen LogP contribution in [0.1, 0.15) is 25.0 Å². The van der Waals surface area contributed by atoms with Gasteiger partial charge in [-0.05, 0) is 12.5 Å². The molecule has 0 radical (unpaired) electrons. The molecule has 1 aromatic rings. The molecular formula is C14H22N2O3. The van der Waals surface area contributed by atoms with Gasteiger partial charge in [-0.2, -0.15) is 0 Å². The molecule has 0 heterocycles. The number of aliphatic hydroxyl groups is 2. The fourth-order valence-corrected chi connectivity index (χ4v) is 1.66. The van der Waals surface area contributed by atoms with Gasteiger partial charge in [-0.15, -0.1) is 0 Å². The van der Waals surface area contributed by atoms with Crippen molar-refractivity contribution >= 4 is 6.03 Å². The number of nitrogens with zero attached hydrogens (tertiary/aromatic N) is 1. The van der Waals surface area contributed by atoms with Crippen LogP contribution in [0.2, 0.25) is 0 Å². The Hall–Kier alpha value is -1.59. The summed E-state index contributed by atoms with van der Waals surface area (Å²) in [5.74, 6) is 0. The summed E-state index contributed by atoms with van der Waals surface area (Å²) in [4.78, 5) is 12.9. The van der Waals surface area contributed by atoms with Crippen molar-refractivity contribution in [2.45, 2.75) is 31.6 Å². The number of benzene rings is 1. The zero-order valence-corrected chi connectivity index (χ0v) is 11.6. The molecule has 0 aliphatic rings. The Morgan fingerprint density at radius 3 is 2.37 bits per heavy atom. The van der Waals surface area contributed by atoms with Crippen LogP contribution in [0.5, 0.6) is 0 Å². The molecule has 0 fully saturated rings. The van der Waals surface area contributed by atoms with E-state index >= 15 is 0 Å². The molecule has 2 amide bonds. The van der Waals surface area contributed by atoms with E-state index in [2.05, 4.69) is 5.32 Å². The van der Waals surface area contributed by atoms with E-state index in [0.29, 0.717) is 0 Å². The molecule has 3 atom stereocenters. The SMILES string of the molecule is CC(NC(=O)N(C)C)[C@@H](O)C[C@H](O)c1ccccc1. The Kier molecular flexibility index (Phi) is 5.79. The second kappa shape index (κ2) is 7.11. The fourth-order valence-electron chi connectivity index (χ4n) is 1.66. The Labute approximate surface area is 113 Å². The molecule has 0 spiro atoms. The normalized spacial score (nSPS) is 15.4. The first-order chi connectivity index (χ1) is 8.91. The van der Waals surface area contributed by atoms with Crippen LogP contribution in [0.3, 0.4) is 0 Å². The van der Waals surface area contributed by atoms with Crippen molar-refractivity contribution in [1.82, 2.24) is 10.2 Å². The number of hydrogen-bond donors (Lipinski definition) is 3. The molecule has 0 aliphatic heterocycles. The minimum atomic E-state index is -0.806. The standard InChI is InChI=1S/C14H22N2O3/c1-10(15-14(19)16(2)3)12(17)9-13(18)11-7-5-4-6-8-11/h4-8,10,12-13,17-18H,9H2,1-3H3,(H,15,19)/t10?,12-,13-/m0/s1. The largest absolute Gasteiger partial charge is 0.391 e. The maximum Gasteiger partial charge on any atom is 0.317 e. The van der Waals surface area contributed by atoms with E-state index in [4.69, 9.17) is 0 Å². The van der Waals surface area contributed by atoms with Gasteiger partial charge in [-0.25, -0.2) is 4.79 Å². The topological polar surface area (TPSA) is 72.8 Å². The molecular weight excluding hydrogens is 244 g/mol. The van der Waals surface area contributed by atoms with Crippen molar-refractivity contribution in [3.05, 3.63) is 35.9 Å². The van der Waals surface area contributed by atoms with Gasteiger partial charge in [-0.3, -0.25) is 0 Å². The van der Waals surface area contributed by atoms with Crippen molar-refractivity contribution in [1.29, 1.82) is 0 Å². The summed E-state index contributed by atoms with van der Waals surface area (Å²) in [6, 6.07) is 8.46. The van der Waals surface area contributed by atoms with E-state index in [-0.39, 0.29) is 12.5 Å². The van der Waals surface area contributed by atoms with E-state index in [1.54, 1.807) is 33.2 Å². The van der Waals surface area contributed by atoms with Gasteiger partial charge in [0.05, 0.1) is 18.2 Å². The first kappa shape index (κ1) is 15.5. The van der Waals surface area contributed by atoms with Crippen LogP contribution in [0.15, 0.2) is 30.3 Å². The number of hydrogen-bond acceptors (Lipinski definition) is 3. The summed E-state index contributed by atoms with van der Waals surface area (Å²) in [6.45, 7) is 1.71. The van der Waals surface area contributed by atoms with Crippen LogP contribution >= 0.6 is 0 Å². The summed E-state index contributed by atoms with van der Waals surface area (Å²) >= 11 is 0. The highest BCUT2D eigenvalue weighted by atomic mass is 16.3. The maximum atomic E-state index is 11.5. The second-order valence-corrected chi connectivity index (χ2v) is 4.86. The fraction of sp³-hybridized carbons (Fsp3) is 0.500. The van der Waals surface area contributed by atoms with Gasteiger partial charge in [0.15, 0.2) is 0 Å². The third-order valence-electron chi connectivity index (χ3n) is 2.98. The Bertz CT molecular complexity index is 395. The Balaban J connectivity index is 2.50. The predicted octanol–water partition coefficient (Wildman–Crippen LogP) is 1.13. The van der Waals surface area contributed by atoms with E-state index in [9.17, 15) is 15.0 Å². The lowest BCUT2D eigenvalue weighted by Gasteiger charge is -2.24. The lowest BCUT2D eigenvalue weighted by atomic mass is 10.00. The summed E-state index contributed by atoms with van der Waals surface area (Å²) < 4.78 is 0. The molecule has 0 aliphatic carbocycles. The molecule has 106 valence electrons. The zero-order chi connectivity index (χ0) is 14.4. The number of aliphatic hydroxyl groups excluding tert-OH is 2. The number of carbonyl (C=O) groups is 1. The minimum Gasteiger partial charge on any atom is -0.391 e. The Morgan fingerprint density at radius 1 is 1.26 bits per heavy atom. The van der Waals surface area contributed by atoms with E-state index < -0.39 is 18.2 Å². The van der Waals surface area contributed by atoms with Crippen LogP contribution in [0.25, 0.3) is 0 Å². The first-order valence-corrected chi connectivity index (χ1v) is 6.30. The van der Waals surface area contributed by atoms with Crippen molar-refractivity contribution in [3.63, 3.8) is 0 Å². The lowest BCUT2D eigenvalue weighted by Crippen LogP contribution is -2.46. The van der Waals surface area contributed by atoms with E-state index in [1.807, 2.05) is 18.2 Å². The molecule has 0 saturated carbocycles. The Morgan fingerprint density at radius 2 is 1.84 bits per heavy atom. The van der Waals surface area contributed by atoms with Crippen LogP contribution in [0.4, 0.5) is 4.79 Å². The molecule has 3 N–H and O–H groups in total. The summed E-state index contributed by atoms with van der Waals surface area (Å²) in [7, 11) is 3.26. The average molecular weight is 266 g/mol. The van der Waals surface area contributed by atoms with E-state index in [0.717, 1.165) is 5.56 Å². The van der Waals surface area contributed by atoms with Crippen molar-refractivity contribution in [3.8, 4) is 0 Å². The highest BCUT2D eigenvalue weighted by molar-refractivity contribution is 5.73. The highest BCUT2D eigenvalue weighted by Gasteiger charge is 2.21. The number of nitrogens with one attached hydrogen (secondary N) is 1. The van der Waals surface area contributed by atoms with E-state index in [1.165, 1.54) is 4.90 Å². The molecule has 0 aromatic heterocycles. The quantitative estimate of drug-likeness (QED) is 0.748. The van der Waals surface area contributed by atoms with Gasteiger partial charge >= 0.3 is 6.03 Å². The minimum absolute atomic E-state index is 0.179. The third kappa shape index (κ3) is 4.89. The molecule has 5 heteroatoms. The van der Waals surface area contributed by atoms with Crippen molar-refractivity contribution in [2.24, 2.45) is 0 Å². The van der Waals surface area contributed by atoms with Crippen LogP contribution in [-0.2, 0) is 0 Å². The maximum absolute atomic E-state index is 11.5. The summed E-state index contributed by atoms with van der Waals surface area (Å²) in [6.07, 6.45) is -1.37. The molecule has 5 nitrogen and oxygen atoms in total. The number of rotatable bonds is 5. The van der Waals surface area contributed by atoms with Gasteiger partial charge in [0.1, 0.15) is 0 Å². The van der Waals surface area contributed by atoms with Gasteiger partial charge < -0.3 is 20.4 Å². The number of carbonyl (C=O) groups excluding carboxylic acids is 1. The summed E-state index contributed by atoms with van der Waals surface area (Å²) in [5, 5.41) is 22.6. The highest BCUT2D eigenvalue weighted by Crippen LogP contribution is 2.19. The molecule has 1 aromatic carbocycles. The summed E-state index contributed by atoms with van der Waals surface area (Å²) in [5.41, 5.74) is 0.757. The second-order valence-electron chi connectivity index (χ2n) is 4.86. The van der Waals surface area contributed by atoms with Crippen molar-refractivity contribution in [2.75, 3.05) is 14.1 Å². The van der Waals surface area contributed by atoms with Crippen LogP contribution in [0, 0.1) is 0 Å². The van der Waals surface area contributed by atoms with Gasteiger partial charge in [0.25, 0.3) is 0 Å². The smallest absolute Gasteiger partial charge is 0.317 e. The first-order valence-electron chi connectivity index (χ1n) is 6.30. The number of amides is 2. The zero-order valence-electron chi connectivity index (χ0n) is 11.6. The number of urea groups is 1. The molecule has 19 heavy (non-hydrogen) atoms. The average Bonchev–Trinajstić information content (AvgIpc) is 2.39. The van der Waals surface area contributed by atoms with Crippen molar-refractivity contribution < 1.29 is 15.0 Å². The molecule has 1 rings (SSSR count). The lowest BCUT2D eigenvalue weighted by molar-refractivity contribution is 0.0610. The van der Waals surface area contributed by atoms with Gasteiger partial charge in [-0.1, -0.05) is 30.3 Å². The van der Waals surface area contributed by atoms with Crippen LogP contribution in [-0.4, -0.2) is 47.4 Å². The van der Waals surface area contributed by atoms with Gasteiger partial charge in [0, 0.05) is 20.5 Å². The third-order valence-corrected chi connectivity index (χ3v) is 2.98. The molecule has 0 bridgehead atoms. The van der Waals surface area contributed by atoms with Gasteiger partial charge in [0.2, 0.25) is 0 Å².